The molecule has 1 saturated carbocycles. The summed E-state index contributed by atoms with van der Waals surface area (Å²) in [6, 6.07) is 15.0. The standard InChI is InChI=1S/C26H34N2O3/c1-28(17-16-20-6-4-3-5-7-20)26(30)23-12-8-22(9-13-23)19-27-25(29)18-21-10-14-24(31-2)15-11-21/h8-15,20H,3-7,16-19H2,1-2H3,(H,27,29). The van der Waals surface area contributed by atoms with Crippen LogP contribution in [0.4, 0.5) is 0 Å². The van der Waals surface area contributed by atoms with Crippen LogP contribution >= 0.6 is 0 Å². The largest absolute Gasteiger partial charge is 0.497 e. The summed E-state index contributed by atoms with van der Waals surface area (Å²) in [4.78, 5) is 26.7. The second-order valence-electron chi connectivity index (χ2n) is 8.52. The van der Waals surface area contributed by atoms with Gasteiger partial charge in [-0.05, 0) is 47.7 Å². The van der Waals surface area contributed by atoms with Crippen molar-refractivity contribution >= 4 is 11.8 Å². The molecule has 2 aromatic rings. The first-order valence-corrected chi connectivity index (χ1v) is 11.3. The molecular formula is C26H34N2O3. The molecule has 3 rings (SSSR count). The summed E-state index contributed by atoms with van der Waals surface area (Å²) in [7, 11) is 3.51. The van der Waals surface area contributed by atoms with Gasteiger partial charge in [-0.1, -0.05) is 56.4 Å². The van der Waals surface area contributed by atoms with E-state index in [0.29, 0.717) is 18.5 Å². The number of carbonyl (C=O) groups excluding carboxylic acids is 2. The Bertz CT molecular complexity index is 840. The molecule has 2 amide bonds. The van der Waals surface area contributed by atoms with Crippen LogP contribution in [0.3, 0.4) is 0 Å². The minimum absolute atomic E-state index is 0.0345. The molecule has 1 aliphatic carbocycles. The van der Waals surface area contributed by atoms with E-state index in [1.807, 2.05) is 60.5 Å². The van der Waals surface area contributed by atoms with Crippen LogP contribution in [0.5, 0.6) is 5.75 Å². The van der Waals surface area contributed by atoms with Crippen LogP contribution < -0.4 is 10.1 Å². The van der Waals surface area contributed by atoms with Gasteiger partial charge in [0.15, 0.2) is 0 Å². The number of rotatable bonds is 9. The van der Waals surface area contributed by atoms with Crippen molar-refractivity contribution < 1.29 is 14.3 Å². The number of carbonyl (C=O) groups is 2. The first-order valence-electron chi connectivity index (χ1n) is 11.3. The van der Waals surface area contributed by atoms with Crippen molar-refractivity contribution in [3.8, 4) is 5.75 Å². The Kier molecular flexibility index (Phi) is 8.51. The van der Waals surface area contributed by atoms with E-state index >= 15 is 0 Å². The average molecular weight is 423 g/mol. The van der Waals surface area contributed by atoms with Gasteiger partial charge >= 0.3 is 0 Å². The number of hydrogen-bond acceptors (Lipinski definition) is 3. The van der Waals surface area contributed by atoms with Crippen molar-refractivity contribution in [2.24, 2.45) is 5.92 Å². The van der Waals surface area contributed by atoms with E-state index in [9.17, 15) is 9.59 Å². The summed E-state index contributed by atoms with van der Waals surface area (Å²) < 4.78 is 5.13. The quantitative estimate of drug-likeness (QED) is 0.643. The molecule has 0 heterocycles. The smallest absolute Gasteiger partial charge is 0.253 e. The first kappa shape index (κ1) is 22.9. The van der Waals surface area contributed by atoms with Gasteiger partial charge in [0.2, 0.25) is 5.91 Å². The predicted octanol–water partition coefficient (Wildman–Crippen LogP) is 4.60. The van der Waals surface area contributed by atoms with Gasteiger partial charge < -0.3 is 15.0 Å². The number of methoxy groups -OCH3 is 1. The Morgan fingerprint density at radius 3 is 2.26 bits per heavy atom. The molecule has 2 aromatic carbocycles. The van der Waals surface area contributed by atoms with E-state index in [-0.39, 0.29) is 11.8 Å². The van der Waals surface area contributed by atoms with Crippen LogP contribution in [-0.2, 0) is 17.8 Å². The number of hydrogen-bond donors (Lipinski definition) is 1. The third kappa shape index (κ3) is 7.12. The molecule has 5 heteroatoms. The van der Waals surface area contributed by atoms with Crippen molar-refractivity contribution in [2.75, 3.05) is 20.7 Å². The van der Waals surface area contributed by atoms with E-state index in [1.54, 1.807) is 7.11 Å². The lowest BCUT2D eigenvalue weighted by Crippen LogP contribution is -2.29. The highest BCUT2D eigenvalue weighted by atomic mass is 16.5. The SMILES string of the molecule is COc1ccc(CC(=O)NCc2ccc(C(=O)N(C)CCC3CCCCC3)cc2)cc1. The molecule has 0 aromatic heterocycles. The van der Waals surface area contributed by atoms with Gasteiger partial charge in [-0.3, -0.25) is 9.59 Å². The van der Waals surface area contributed by atoms with Crippen LogP contribution in [0.2, 0.25) is 0 Å². The van der Waals surface area contributed by atoms with Crippen molar-refractivity contribution in [1.29, 1.82) is 0 Å². The molecule has 0 unspecified atom stereocenters. The maximum absolute atomic E-state index is 12.7. The van der Waals surface area contributed by atoms with E-state index in [4.69, 9.17) is 4.74 Å². The molecule has 5 nitrogen and oxygen atoms in total. The summed E-state index contributed by atoms with van der Waals surface area (Å²) in [5, 5.41) is 2.94. The minimum atomic E-state index is -0.0345. The van der Waals surface area contributed by atoms with E-state index in [2.05, 4.69) is 5.32 Å². The van der Waals surface area contributed by atoms with Gasteiger partial charge in [0, 0.05) is 25.7 Å². The number of nitrogens with zero attached hydrogens (tertiary/aromatic N) is 1. The summed E-state index contributed by atoms with van der Waals surface area (Å²) in [6.45, 7) is 1.26. The molecule has 0 atom stereocenters. The fourth-order valence-electron chi connectivity index (χ4n) is 4.13. The monoisotopic (exact) mass is 422 g/mol. The Morgan fingerprint density at radius 2 is 1.61 bits per heavy atom. The molecular weight excluding hydrogens is 388 g/mol. The summed E-state index contributed by atoms with van der Waals surface area (Å²) in [6.07, 6.45) is 8.06. The molecule has 1 fully saturated rings. The highest BCUT2D eigenvalue weighted by Crippen LogP contribution is 2.26. The molecule has 31 heavy (non-hydrogen) atoms. The zero-order valence-corrected chi connectivity index (χ0v) is 18.7. The Balaban J connectivity index is 1.43. The normalized spacial score (nSPS) is 14.1. The van der Waals surface area contributed by atoms with Crippen LogP contribution in [-0.4, -0.2) is 37.4 Å². The lowest BCUT2D eigenvalue weighted by Gasteiger charge is -2.24. The zero-order chi connectivity index (χ0) is 22.1. The highest BCUT2D eigenvalue weighted by Gasteiger charge is 2.17. The third-order valence-corrected chi connectivity index (χ3v) is 6.16. The maximum atomic E-state index is 12.7. The summed E-state index contributed by atoms with van der Waals surface area (Å²) in [5.41, 5.74) is 2.61. The van der Waals surface area contributed by atoms with Gasteiger partial charge in [-0.2, -0.15) is 0 Å². The number of ether oxygens (including phenoxy) is 1. The van der Waals surface area contributed by atoms with Crippen molar-refractivity contribution in [2.45, 2.75) is 51.5 Å². The lowest BCUT2D eigenvalue weighted by molar-refractivity contribution is -0.120. The Morgan fingerprint density at radius 1 is 0.968 bits per heavy atom. The third-order valence-electron chi connectivity index (χ3n) is 6.16. The van der Waals surface area contributed by atoms with E-state index < -0.39 is 0 Å². The molecule has 0 aliphatic heterocycles. The Labute approximate surface area is 185 Å². The number of amides is 2. The van der Waals surface area contributed by atoms with E-state index in [0.717, 1.165) is 35.8 Å². The van der Waals surface area contributed by atoms with Crippen molar-refractivity contribution in [1.82, 2.24) is 10.2 Å². The minimum Gasteiger partial charge on any atom is -0.497 e. The Hall–Kier alpha value is -2.82. The van der Waals surface area contributed by atoms with Gasteiger partial charge in [0.05, 0.1) is 13.5 Å². The molecule has 0 saturated heterocycles. The first-order chi connectivity index (χ1) is 15.0. The van der Waals surface area contributed by atoms with Crippen LogP contribution in [0.15, 0.2) is 48.5 Å². The second-order valence-corrected chi connectivity index (χ2v) is 8.52. The van der Waals surface area contributed by atoms with Crippen LogP contribution in [0.1, 0.15) is 60.0 Å². The molecule has 0 spiro atoms. The fraction of sp³-hybridized carbons (Fsp3) is 0.462. The fourth-order valence-corrected chi connectivity index (χ4v) is 4.13. The van der Waals surface area contributed by atoms with Gasteiger partial charge in [-0.25, -0.2) is 0 Å². The van der Waals surface area contributed by atoms with Crippen LogP contribution in [0.25, 0.3) is 0 Å². The van der Waals surface area contributed by atoms with Gasteiger partial charge in [0.1, 0.15) is 5.75 Å². The average Bonchev–Trinajstić information content (AvgIpc) is 2.82. The number of benzene rings is 2. The maximum Gasteiger partial charge on any atom is 0.253 e. The van der Waals surface area contributed by atoms with Gasteiger partial charge in [-0.15, -0.1) is 0 Å². The number of nitrogens with one attached hydrogen (secondary N) is 1. The highest BCUT2D eigenvalue weighted by molar-refractivity contribution is 5.94. The van der Waals surface area contributed by atoms with E-state index in [1.165, 1.54) is 32.1 Å². The van der Waals surface area contributed by atoms with Crippen LogP contribution in [0, 0.1) is 5.92 Å². The molecule has 166 valence electrons. The predicted molar refractivity (Wildman–Crippen MR) is 123 cm³/mol. The summed E-state index contributed by atoms with van der Waals surface area (Å²) >= 11 is 0. The molecule has 1 aliphatic rings. The van der Waals surface area contributed by atoms with Crippen molar-refractivity contribution in [3.05, 3.63) is 65.2 Å². The molecule has 0 radical (unpaired) electrons. The lowest BCUT2D eigenvalue weighted by atomic mass is 9.87. The second kappa shape index (κ2) is 11.5. The molecule has 1 N–H and O–H groups in total. The summed E-state index contributed by atoms with van der Waals surface area (Å²) in [5.74, 6) is 1.57. The van der Waals surface area contributed by atoms with Crippen molar-refractivity contribution in [3.63, 3.8) is 0 Å². The topological polar surface area (TPSA) is 58.6 Å². The molecule has 0 bridgehead atoms. The van der Waals surface area contributed by atoms with Gasteiger partial charge in [0.25, 0.3) is 5.91 Å². The zero-order valence-electron chi connectivity index (χ0n) is 18.7.